The molecule has 94 valence electrons. The average Bonchev–Trinajstić information content (AvgIpc) is 2.28. The summed E-state index contributed by atoms with van der Waals surface area (Å²) in [7, 11) is 1.66. The summed E-state index contributed by atoms with van der Waals surface area (Å²) in [5.41, 5.74) is 8.04. The maximum atomic E-state index is 8.78. The molecule has 0 aromatic carbocycles. The molecule has 0 saturated carbocycles. The average molecular weight is 255 g/mol. The van der Waals surface area contributed by atoms with E-state index in [0.717, 1.165) is 22.0 Å². The molecule has 0 aliphatic rings. The second-order valence-corrected chi connectivity index (χ2v) is 4.69. The van der Waals surface area contributed by atoms with Crippen molar-refractivity contribution in [3.05, 3.63) is 23.0 Å². The van der Waals surface area contributed by atoms with Crippen molar-refractivity contribution in [1.29, 1.82) is 0 Å². The summed E-state index contributed by atoms with van der Waals surface area (Å²) < 4.78 is 5.00. The summed E-state index contributed by atoms with van der Waals surface area (Å²) in [6.45, 7) is 4.42. The molecule has 6 heteroatoms. The van der Waals surface area contributed by atoms with E-state index in [2.05, 4.69) is 10.1 Å². The van der Waals surface area contributed by atoms with E-state index < -0.39 is 0 Å². The standard InChI is InChI=1S/C11H17N3O2S/c1-7-6-9(17-5-4-16-3)10(8(2)13-7)11(12)14-15/h6,15H,4-5H2,1-3H3,(H2,12,14). The number of hydrogen-bond acceptors (Lipinski definition) is 5. The summed E-state index contributed by atoms with van der Waals surface area (Å²) >= 11 is 1.61. The van der Waals surface area contributed by atoms with Crippen LogP contribution >= 0.6 is 11.8 Å². The lowest BCUT2D eigenvalue weighted by Gasteiger charge is -2.11. The molecule has 0 aliphatic carbocycles. The maximum absolute atomic E-state index is 8.78. The molecule has 0 amide bonds. The van der Waals surface area contributed by atoms with E-state index >= 15 is 0 Å². The number of methoxy groups -OCH3 is 1. The summed E-state index contributed by atoms with van der Waals surface area (Å²) in [4.78, 5) is 5.28. The molecule has 0 unspecified atom stereocenters. The second-order valence-electron chi connectivity index (χ2n) is 3.55. The Morgan fingerprint density at radius 1 is 1.59 bits per heavy atom. The lowest BCUT2D eigenvalue weighted by molar-refractivity contribution is 0.218. The first-order valence-electron chi connectivity index (χ1n) is 5.18. The van der Waals surface area contributed by atoms with Gasteiger partial charge in [0.05, 0.1) is 12.2 Å². The number of nitrogens with zero attached hydrogens (tertiary/aromatic N) is 2. The second kappa shape index (κ2) is 6.46. The molecule has 0 saturated heterocycles. The molecule has 3 N–H and O–H groups in total. The van der Waals surface area contributed by atoms with Crippen LogP contribution in [0, 0.1) is 13.8 Å². The van der Waals surface area contributed by atoms with Crippen LogP contribution in [-0.4, -0.2) is 35.5 Å². The number of thioether (sulfide) groups is 1. The highest BCUT2D eigenvalue weighted by Crippen LogP contribution is 2.25. The van der Waals surface area contributed by atoms with Crippen molar-refractivity contribution < 1.29 is 9.94 Å². The Balaban J connectivity index is 3.07. The smallest absolute Gasteiger partial charge is 0.173 e. The van der Waals surface area contributed by atoms with Crippen LogP contribution in [0.15, 0.2) is 16.1 Å². The summed E-state index contributed by atoms with van der Waals surface area (Å²) in [6, 6.07) is 1.93. The molecule has 0 bridgehead atoms. The first-order valence-corrected chi connectivity index (χ1v) is 6.16. The maximum Gasteiger partial charge on any atom is 0.173 e. The zero-order valence-electron chi connectivity index (χ0n) is 10.2. The van der Waals surface area contributed by atoms with Crippen LogP contribution in [0.25, 0.3) is 0 Å². The van der Waals surface area contributed by atoms with E-state index in [9.17, 15) is 0 Å². The first kappa shape index (κ1) is 13.8. The van der Waals surface area contributed by atoms with Gasteiger partial charge in [-0.25, -0.2) is 0 Å². The van der Waals surface area contributed by atoms with Crippen molar-refractivity contribution in [2.24, 2.45) is 10.9 Å². The summed E-state index contributed by atoms with van der Waals surface area (Å²) in [6.07, 6.45) is 0. The first-order chi connectivity index (χ1) is 8.10. The quantitative estimate of drug-likeness (QED) is 0.208. The summed E-state index contributed by atoms with van der Waals surface area (Å²) in [5, 5.41) is 11.8. The Bertz CT molecular complexity index is 421. The molecule has 0 fully saturated rings. The molecule has 0 radical (unpaired) electrons. The van der Waals surface area contributed by atoms with Crippen LogP contribution in [0.5, 0.6) is 0 Å². The third kappa shape index (κ3) is 3.61. The normalized spacial score (nSPS) is 11.8. The van der Waals surface area contributed by atoms with E-state index in [-0.39, 0.29) is 5.84 Å². The lowest BCUT2D eigenvalue weighted by Crippen LogP contribution is -2.17. The van der Waals surface area contributed by atoms with E-state index in [0.29, 0.717) is 12.2 Å². The number of aromatic nitrogens is 1. The van der Waals surface area contributed by atoms with E-state index in [1.807, 2.05) is 19.9 Å². The molecule has 1 heterocycles. The number of ether oxygens (including phenoxy) is 1. The fraction of sp³-hybridized carbons (Fsp3) is 0.455. The van der Waals surface area contributed by atoms with E-state index in [1.165, 1.54) is 0 Å². The number of aryl methyl sites for hydroxylation is 2. The van der Waals surface area contributed by atoms with Crippen molar-refractivity contribution in [2.45, 2.75) is 18.7 Å². The number of rotatable bonds is 5. The fourth-order valence-corrected chi connectivity index (χ4v) is 2.62. The van der Waals surface area contributed by atoms with E-state index in [1.54, 1.807) is 18.9 Å². The third-order valence-corrected chi connectivity index (χ3v) is 3.20. The Labute approximate surface area is 105 Å². The monoisotopic (exact) mass is 255 g/mol. The molecule has 5 nitrogen and oxygen atoms in total. The molecule has 1 aromatic rings. The topological polar surface area (TPSA) is 80.7 Å². The van der Waals surface area contributed by atoms with Gasteiger partial charge in [0, 0.05) is 29.1 Å². The minimum Gasteiger partial charge on any atom is -0.409 e. The van der Waals surface area contributed by atoms with Gasteiger partial charge in [0.2, 0.25) is 0 Å². The zero-order valence-corrected chi connectivity index (χ0v) is 11.0. The summed E-state index contributed by atoms with van der Waals surface area (Å²) in [5.74, 6) is 0.903. The van der Waals surface area contributed by atoms with Gasteiger partial charge in [0.1, 0.15) is 0 Å². The lowest BCUT2D eigenvalue weighted by atomic mass is 10.1. The Morgan fingerprint density at radius 2 is 2.29 bits per heavy atom. The van der Waals surface area contributed by atoms with Crippen molar-refractivity contribution in [1.82, 2.24) is 4.98 Å². The molecule has 0 atom stereocenters. The number of pyridine rings is 1. The Kier molecular flexibility index (Phi) is 5.24. The van der Waals surface area contributed by atoms with Gasteiger partial charge in [-0.3, -0.25) is 4.98 Å². The van der Waals surface area contributed by atoms with Gasteiger partial charge in [-0.1, -0.05) is 5.16 Å². The minimum absolute atomic E-state index is 0.0925. The van der Waals surface area contributed by atoms with Crippen LogP contribution in [0.3, 0.4) is 0 Å². The van der Waals surface area contributed by atoms with Crippen molar-refractivity contribution in [3.8, 4) is 0 Å². The van der Waals surface area contributed by atoms with Crippen LogP contribution in [-0.2, 0) is 4.74 Å². The molecule has 0 spiro atoms. The van der Waals surface area contributed by atoms with Crippen molar-refractivity contribution in [3.63, 3.8) is 0 Å². The number of oxime groups is 1. The van der Waals surface area contributed by atoms with Crippen molar-refractivity contribution in [2.75, 3.05) is 19.5 Å². The van der Waals surface area contributed by atoms with Gasteiger partial charge in [-0.15, -0.1) is 11.8 Å². The number of amidine groups is 1. The molecule has 0 aliphatic heterocycles. The highest BCUT2D eigenvalue weighted by molar-refractivity contribution is 7.99. The third-order valence-electron chi connectivity index (χ3n) is 2.20. The van der Waals surface area contributed by atoms with Gasteiger partial charge in [0.15, 0.2) is 5.84 Å². The Hall–Kier alpha value is -1.27. The molecular weight excluding hydrogens is 238 g/mol. The van der Waals surface area contributed by atoms with Gasteiger partial charge in [-0.05, 0) is 19.9 Å². The minimum atomic E-state index is 0.0925. The predicted octanol–water partition coefficient (Wildman–Crippen LogP) is 1.53. The number of hydrogen-bond donors (Lipinski definition) is 2. The van der Waals surface area contributed by atoms with Crippen LogP contribution in [0.4, 0.5) is 0 Å². The van der Waals surface area contributed by atoms with Crippen molar-refractivity contribution >= 4 is 17.6 Å². The predicted molar refractivity (Wildman–Crippen MR) is 68.8 cm³/mol. The van der Waals surface area contributed by atoms with Gasteiger partial charge in [-0.2, -0.15) is 0 Å². The van der Waals surface area contributed by atoms with Crippen LogP contribution < -0.4 is 5.73 Å². The largest absolute Gasteiger partial charge is 0.409 e. The zero-order chi connectivity index (χ0) is 12.8. The fourth-order valence-electron chi connectivity index (χ4n) is 1.50. The van der Waals surface area contributed by atoms with Gasteiger partial charge in [0.25, 0.3) is 0 Å². The van der Waals surface area contributed by atoms with E-state index in [4.69, 9.17) is 15.7 Å². The van der Waals surface area contributed by atoms with Gasteiger partial charge < -0.3 is 15.7 Å². The SMILES string of the molecule is COCCSc1cc(C)nc(C)c1/C(N)=N/O. The van der Waals surface area contributed by atoms with Crippen LogP contribution in [0.1, 0.15) is 17.0 Å². The molecule has 1 aromatic heterocycles. The highest BCUT2D eigenvalue weighted by Gasteiger charge is 2.13. The van der Waals surface area contributed by atoms with Gasteiger partial charge >= 0.3 is 0 Å². The highest BCUT2D eigenvalue weighted by atomic mass is 32.2. The molecule has 17 heavy (non-hydrogen) atoms. The number of nitrogens with two attached hydrogens (primary N) is 1. The molecular formula is C11H17N3O2S. The Morgan fingerprint density at radius 3 is 2.88 bits per heavy atom. The molecule has 1 rings (SSSR count). The van der Waals surface area contributed by atoms with Crippen LogP contribution in [0.2, 0.25) is 0 Å².